The number of rotatable bonds is 5. The zero-order valence-electron chi connectivity index (χ0n) is 11.2. The van der Waals surface area contributed by atoms with Gasteiger partial charge in [0.05, 0.1) is 0 Å². The van der Waals surface area contributed by atoms with Crippen LogP contribution in [0.25, 0.3) is 0 Å². The van der Waals surface area contributed by atoms with Crippen molar-refractivity contribution in [3.8, 4) is 0 Å². The fourth-order valence-electron chi connectivity index (χ4n) is 2.40. The van der Waals surface area contributed by atoms with E-state index in [1.165, 1.54) is 18.0 Å². The second-order valence-electron chi connectivity index (χ2n) is 5.20. The van der Waals surface area contributed by atoms with E-state index in [9.17, 15) is 4.79 Å². The molecule has 2 aromatic rings. The summed E-state index contributed by atoms with van der Waals surface area (Å²) in [5, 5.41) is 12.9. The van der Waals surface area contributed by atoms with Crippen LogP contribution in [-0.4, -0.2) is 27.6 Å². The summed E-state index contributed by atoms with van der Waals surface area (Å²) in [5.74, 6) is -0.771. The maximum Gasteiger partial charge on any atom is 0.358 e. The van der Waals surface area contributed by atoms with Crippen molar-refractivity contribution in [2.24, 2.45) is 0 Å². The first-order chi connectivity index (χ1) is 10.1. The van der Waals surface area contributed by atoms with Gasteiger partial charge < -0.3 is 10.4 Å². The molecule has 0 amide bonds. The first-order valence-electron chi connectivity index (χ1n) is 6.65. The summed E-state index contributed by atoms with van der Waals surface area (Å²) in [5.41, 5.74) is 1.20. The molecule has 1 saturated carbocycles. The predicted molar refractivity (Wildman–Crippen MR) is 79.8 cm³/mol. The highest BCUT2D eigenvalue weighted by molar-refractivity contribution is 6.30. The van der Waals surface area contributed by atoms with Crippen LogP contribution >= 0.6 is 11.6 Å². The summed E-state index contributed by atoms with van der Waals surface area (Å²) < 4.78 is 0. The molecule has 1 fully saturated rings. The Morgan fingerprint density at radius 1 is 1.24 bits per heavy atom. The van der Waals surface area contributed by atoms with E-state index in [0.717, 1.165) is 12.8 Å². The molecule has 0 radical (unpaired) electrons. The minimum Gasteiger partial charge on any atom is -0.476 e. The van der Waals surface area contributed by atoms with Gasteiger partial charge >= 0.3 is 5.97 Å². The number of aromatic carboxylic acids is 1. The van der Waals surface area contributed by atoms with Gasteiger partial charge in [0.1, 0.15) is 0 Å². The van der Waals surface area contributed by atoms with Crippen LogP contribution in [0.1, 0.15) is 28.9 Å². The van der Waals surface area contributed by atoms with Crippen molar-refractivity contribution < 1.29 is 9.90 Å². The second-order valence-corrected chi connectivity index (χ2v) is 5.64. The Morgan fingerprint density at radius 2 is 1.90 bits per heavy atom. The van der Waals surface area contributed by atoms with Crippen LogP contribution in [0.4, 0.5) is 5.82 Å². The molecule has 0 saturated heterocycles. The lowest BCUT2D eigenvalue weighted by atomic mass is 9.96. The van der Waals surface area contributed by atoms with Crippen molar-refractivity contribution >= 4 is 23.4 Å². The summed E-state index contributed by atoms with van der Waals surface area (Å²) >= 11 is 5.91. The summed E-state index contributed by atoms with van der Waals surface area (Å²) in [7, 11) is 0. The Bertz CT molecular complexity index is 669. The smallest absolute Gasteiger partial charge is 0.358 e. The molecule has 5 nitrogen and oxygen atoms in total. The second kappa shape index (κ2) is 5.33. The van der Waals surface area contributed by atoms with Gasteiger partial charge in [0.2, 0.25) is 0 Å². The van der Waals surface area contributed by atoms with E-state index < -0.39 is 5.97 Å². The molecule has 1 aliphatic carbocycles. The van der Waals surface area contributed by atoms with Crippen LogP contribution in [0.2, 0.25) is 5.02 Å². The van der Waals surface area contributed by atoms with Gasteiger partial charge in [0, 0.05) is 29.4 Å². The van der Waals surface area contributed by atoms with Gasteiger partial charge in [-0.1, -0.05) is 23.7 Å². The van der Waals surface area contributed by atoms with Crippen molar-refractivity contribution in [1.29, 1.82) is 0 Å². The number of aromatic nitrogens is 2. The Morgan fingerprint density at radius 3 is 2.52 bits per heavy atom. The van der Waals surface area contributed by atoms with E-state index in [4.69, 9.17) is 16.7 Å². The van der Waals surface area contributed by atoms with Crippen molar-refractivity contribution in [3.05, 3.63) is 52.9 Å². The summed E-state index contributed by atoms with van der Waals surface area (Å²) in [4.78, 5) is 19.0. The Balaban J connectivity index is 1.76. The molecular weight excluding hydrogens is 290 g/mol. The normalized spacial score (nSPS) is 15.5. The molecule has 0 bridgehead atoms. The maximum absolute atomic E-state index is 11.1. The monoisotopic (exact) mass is 303 g/mol. The van der Waals surface area contributed by atoms with Gasteiger partial charge in [0.25, 0.3) is 0 Å². The molecule has 21 heavy (non-hydrogen) atoms. The molecule has 1 aromatic heterocycles. The number of nitrogens with one attached hydrogen (secondary N) is 1. The highest BCUT2D eigenvalue weighted by Crippen LogP contribution is 2.48. The maximum atomic E-state index is 11.1. The van der Waals surface area contributed by atoms with Crippen LogP contribution in [0.3, 0.4) is 0 Å². The number of carbonyl (C=O) groups is 1. The number of carboxylic acids is 1. The average molecular weight is 304 g/mol. The third-order valence-electron chi connectivity index (χ3n) is 3.81. The lowest BCUT2D eigenvalue weighted by Crippen LogP contribution is -2.21. The van der Waals surface area contributed by atoms with E-state index in [2.05, 4.69) is 15.3 Å². The van der Waals surface area contributed by atoms with Crippen LogP contribution < -0.4 is 5.32 Å². The van der Waals surface area contributed by atoms with Gasteiger partial charge in [0.15, 0.2) is 11.5 Å². The van der Waals surface area contributed by atoms with E-state index in [1.54, 1.807) is 0 Å². The van der Waals surface area contributed by atoms with Crippen LogP contribution in [-0.2, 0) is 5.41 Å². The number of carboxylic acid groups (broad SMARTS) is 1. The highest BCUT2D eigenvalue weighted by Gasteiger charge is 2.44. The van der Waals surface area contributed by atoms with Crippen LogP contribution in [0, 0.1) is 0 Å². The number of anilines is 1. The molecule has 108 valence electrons. The Kier molecular flexibility index (Phi) is 3.51. The topological polar surface area (TPSA) is 75.1 Å². The number of benzene rings is 1. The molecule has 6 heteroatoms. The standard InChI is InChI=1S/C15H14ClN3O2/c16-11-3-1-10(2-4-11)15(5-6-15)9-19-13-12(14(20)21)17-7-8-18-13/h1-4,7-8H,5-6,9H2,(H,18,19)(H,20,21). The highest BCUT2D eigenvalue weighted by atomic mass is 35.5. The van der Waals surface area contributed by atoms with Crippen molar-refractivity contribution in [2.45, 2.75) is 18.3 Å². The van der Waals surface area contributed by atoms with Gasteiger partial charge in [-0.05, 0) is 30.5 Å². The minimum absolute atomic E-state index is 0.0396. The van der Waals surface area contributed by atoms with Crippen molar-refractivity contribution in [2.75, 3.05) is 11.9 Å². The first-order valence-corrected chi connectivity index (χ1v) is 7.03. The molecule has 0 atom stereocenters. The Labute approximate surface area is 127 Å². The van der Waals surface area contributed by atoms with Gasteiger partial charge in [-0.2, -0.15) is 0 Å². The third kappa shape index (κ3) is 2.83. The predicted octanol–water partition coefficient (Wildman–Crippen LogP) is 2.97. The first kappa shape index (κ1) is 13.8. The van der Waals surface area contributed by atoms with Crippen LogP contribution in [0.15, 0.2) is 36.7 Å². The van der Waals surface area contributed by atoms with Gasteiger partial charge in [-0.3, -0.25) is 0 Å². The lowest BCUT2D eigenvalue weighted by Gasteiger charge is -2.17. The quantitative estimate of drug-likeness (QED) is 0.888. The van der Waals surface area contributed by atoms with Crippen molar-refractivity contribution in [1.82, 2.24) is 9.97 Å². The van der Waals surface area contributed by atoms with Gasteiger partial charge in [-0.25, -0.2) is 14.8 Å². The number of hydrogen-bond acceptors (Lipinski definition) is 4. The molecule has 1 aliphatic rings. The molecule has 3 rings (SSSR count). The SMILES string of the molecule is O=C(O)c1nccnc1NCC1(c2ccc(Cl)cc2)CC1. The molecule has 2 N–H and O–H groups in total. The van der Waals surface area contributed by atoms with E-state index in [0.29, 0.717) is 17.4 Å². The summed E-state index contributed by atoms with van der Waals surface area (Å²) in [6.07, 6.45) is 4.98. The average Bonchev–Trinajstić information content (AvgIpc) is 3.27. The number of hydrogen-bond donors (Lipinski definition) is 2. The fraction of sp³-hybridized carbons (Fsp3) is 0.267. The van der Waals surface area contributed by atoms with Crippen LogP contribution in [0.5, 0.6) is 0 Å². The Hall–Kier alpha value is -2.14. The minimum atomic E-state index is -1.08. The van der Waals surface area contributed by atoms with Gasteiger partial charge in [-0.15, -0.1) is 0 Å². The fourth-order valence-corrected chi connectivity index (χ4v) is 2.52. The number of halogens is 1. The third-order valence-corrected chi connectivity index (χ3v) is 4.06. The van der Waals surface area contributed by atoms with E-state index in [1.807, 2.05) is 24.3 Å². The zero-order valence-corrected chi connectivity index (χ0v) is 12.0. The lowest BCUT2D eigenvalue weighted by molar-refractivity contribution is 0.0691. The molecule has 0 aliphatic heterocycles. The summed E-state index contributed by atoms with van der Waals surface area (Å²) in [6.45, 7) is 0.633. The molecular formula is C15H14ClN3O2. The van der Waals surface area contributed by atoms with E-state index >= 15 is 0 Å². The zero-order chi connectivity index (χ0) is 14.9. The van der Waals surface area contributed by atoms with E-state index in [-0.39, 0.29) is 11.1 Å². The molecule has 0 unspecified atom stereocenters. The molecule has 1 aromatic carbocycles. The largest absolute Gasteiger partial charge is 0.476 e. The molecule has 1 heterocycles. The summed E-state index contributed by atoms with van der Waals surface area (Å²) in [6, 6.07) is 7.79. The molecule has 0 spiro atoms. The number of nitrogens with zero attached hydrogens (tertiary/aromatic N) is 2. The van der Waals surface area contributed by atoms with Crippen molar-refractivity contribution in [3.63, 3.8) is 0 Å².